The van der Waals surface area contributed by atoms with E-state index in [0.717, 1.165) is 31.0 Å². The van der Waals surface area contributed by atoms with E-state index in [9.17, 15) is 9.59 Å². The van der Waals surface area contributed by atoms with Gasteiger partial charge < -0.3 is 4.57 Å². The molecule has 8 heteroatoms. The van der Waals surface area contributed by atoms with Crippen LogP contribution in [0.25, 0.3) is 11.2 Å². The SMILES string of the molecule is Cc1ccc(C2CSCCN2CCCn2c(=O)c3c(ncn3C)n(C)c2=O)cc1. The zero-order chi connectivity index (χ0) is 20.5. The summed E-state index contributed by atoms with van der Waals surface area (Å²) < 4.78 is 4.50. The molecule has 0 bridgehead atoms. The van der Waals surface area contributed by atoms with E-state index in [1.807, 2.05) is 11.8 Å². The molecule has 0 aliphatic carbocycles. The van der Waals surface area contributed by atoms with Crippen molar-refractivity contribution in [3.05, 3.63) is 62.6 Å². The molecule has 1 atom stereocenters. The van der Waals surface area contributed by atoms with Crippen LogP contribution in [-0.4, -0.2) is 48.2 Å². The molecule has 154 valence electrons. The number of thioether (sulfide) groups is 1. The fourth-order valence-electron chi connectivity index (χ4n) is 4.03. The molecule has 4 rings (SSSR count). The minimum absolute atomic E-state index is 0.257. The average Bonchev–Trinajstić information content (AvgIpc) is 3.12. The molecule has 1 saturated heterocycles. The Morgan fingerprint density at radius 1 is 1.14 bits per heavy atom. The van der Waals surface area contributed by atoms with E-state index < -0.39 is 0 Å². The van der Waals surface area contributed by atoms with Gasteiger partial charge in [-0.25, -0.2) is 9.78 Å². The van der Waals surface area contributed by atoms with Gasteiger partial charge in [-0.1, -0.05) is 29.8 Å². The molecule has 2 aromatic heterocycles. The molecule has 1 aliphatic heterocycles. The quantitative estimate of drug-likeness (QED) is 0.639. The van der Waals surface area contributed by atoms with Crippen LogP contribution in [0.3, 0.4) is 0 Å². The smallest absolute Gasteiger partial charge is 0.328 e. The van der Waals surface area contributed by atoms with E-state index in [2.05, 4.69) is 41.1 Å². The van der Waals surface area contributed by atoms with Gasteiger partial charge in [0, 0.05) is 51.3 Å². The average molecular weight is 414 g/mol. The van der Waals surface area contributed by atoms with Gasteiger partial charge in [-0.05, 0) is 18.9 Å². The summed E-state index contributed by atoms with van der Waals surface area (Å²) in [6, 6.07) is 9.15. The lowest BCUT2D eigenvalue weighted by Crippen LogP contribution is -2.41. The molecule has 0 radical (unpaired) electrons. The number of hydrogen-bond donors (Lipinski definition) is 0. The van der Waals surface area contributed by atoms with Crippen LogP contribution >= 0.6 is 11.8 Å². The Balaban J connectivity index is 1.52. The van der Waals surface area contributed by atoms with Crippen molar-refractivity contribution in [1.29, 1.82) is 0 Å². The molecule has 1 aromatic carbocycles. The first-order valence-electron chi connectivity index (χ1n) is 9.96. The van der Waals surface area contributed by atoms with Gasteiger partial charge in [-0.15, -0.1) is 0 Å². The van der Waals surface area contributed by atoms with Crippen molar-refractivity contribution in [1.82, 2.24) is 23.6 Å². The van der Waals surface area contributed by atoms with Crippen LogP contribution in [0.5, 0.6) is 0 Å². The minimum Gasteiger partial charge on any atom is -0.328 e. The summed E-state index contributed by atoms with van der Waals surface area (Å²) in [7, 11) is 3.45. The summed E-state index contributed by atoms with van der Waals surface area (Å²) in [4.78, 5) is 32.2. The van der Waals surface area contributed by atoms with Gasteiger partial charge in [0.1, 0.15) is 0 Å². The van der Waals surface area contributed by atoms with Crippen molar-refractivity contribution >= 4 is 22.9 Å². The molecule has 3 heterocycles. The number of rotatable bonds is 5. The second-order valence-corrected chi connectivity index (χ2v) is 8.87. The predicted octanol–water partition coefficient (Wildman–Crippen LogP) is 1.92. The molecular formula is C21H27N5O2S. The number of imidazole rings is 1. The minimum atomic E-state index is -0.300. The standard InChI is InChI=1S/C21H27N5O2S/c1-15-5-7-16(8-6-15)17-13-29-12-11-25(17)9-4-10-26-20(27)18-19(22-14-23(18)2)24(3)21(26)28/h5-8,14,17H,4,9-13H2,1-3H3. The number of benzene rings is 1. The maximum absolute atomic E-state index is 12.9. The zero-order valence-corrected chi connectivity index (χ0v) is 18.0. The lowest BCUT2D eigenvalue weighted by molar-refractivity contribution is 0.214. The van der Waals surface area contributed by atoms with Crippen LogP contribution in [0.4, 0.5) is 0 Å². The zero-order valence-electron chi connectivity index (χ0n) is 17.2. The lowest BCUT2D eigenvalue weighted by Gasteiger charge is -2.35. The summed E-state index contributed by atoms with van der Waals surface area (Å²) in [5, 5.41) is 0. The van der Waals surface area contributed by atoms with Gasteiger partial charge in [0.15, 0.2) is 11.2 Å². The second kappa shape index (κ2) is 8.20. The Hall–Kier alpha value is -2.32. The van der Waals surface area contributed by atoms with Crippen LogP contribution in [0.2, 0.25) is 0 Å². The first-order chi connectivity index (χ1) is 14.0. The van der Waals surface area contributed by atoms with Gasteiger partial charge in [0.05, 0.1) is 6.33 Å². The first kappa shape index (κ1) is 20.0. The number of fused-ring (bicyclic) bond motifs is 1. The molecule has 0 saturated carbocycles. The molecule has 0 spiro atoms. The highest BCUT2D eigenvalue weighted by molar-refractivity contribution is 7.99. The van der Waals surface area contributed by atoms with Crippen LogP contribution in [-0.2, 0) is 20.6 Å². The Bertz CT molecular complexity index is 1130. The third kappa shape index (κ3) is 3.79. The van der Waals surface area contributed by atoms with Gasteiger partial charge in [0.25, 0.3) is 5.56 Å². The lowest BCUT2D eigenvalue weighted by atomic mass is 10.0. The van der Waals surface area contributed by atoms with E-state index in [1.54, 1.807) is 25.0 Å². The van der Waals surface area contributed by atoms with Crippen molar-refractivity contribution in [2.24, 2.45) is 14.1 Å². The molecule has 0 amide bonds. The monoisotopic (exact) mass is 413 g/mol. The van der Waals surface area contributed by atoms with Gasteiger partial charge in [-0.2, -0.15) is 11.8 Å². The van der Waals surface area contributed by atoms with Gasteiger partial charge in [-0.3, -0.25) is 18.8 Å². The largest absolute Gasteiger partial charge is 0.332 e. The predicted molar refractivity (Wildman–Crippen MR) is 118 cm³/mol. The molecule has 7 nitrogen and oxygen atoms in total. The first-order valence-corrected chi connectivity index (χ1v) is 11.1. The molecular weight excluding hydrogens is 386 g/mol. The van der Waals surface area contributed by atoms with E-state index in [0.29, 0.717) is 23.8 Å². The van der Waals surface area contributed by atoms with Gasteiger partial charge in [0.2, 0.25) is 0 Å². The fraction of sp³-hybridized carbons (Fsp3) is 0.476. The Kier molecular flexibility index (Phi) is 5.65. The van der Waals surface area contributed by atoms with Crippen molar-refractivity contribution in [2.45, 2.75) is 25.9 Å². The summed E-state index contributed by atoms with van der Waals surface area (Å²) in [5.41, 5.74) is 2.96. The fourth-order valence-corrected chi connectivity index (χ4v) is 5.18. The van der Waals surface area contributed by atoms with Crippen LogP contribution < -0.4 is 11.2 Å². The van der Waals surface area contributed by atoms with Crippen molar-refractivity contribution in [3.63, 3.8) is 0 Å². The third-order valence-corrected chi connectivity index (χ3v) is 6.75. The van der Waals surface area contributed by atoms with E-state index in [1.165, 1.54) is 20.3 Å². The van der Waals surface area contributed by atoms with Crippen LogP contribution in [0.1, 0.15) is 23.6 Å². The molecule has 0 N–H and O–H groups in total. The molecule has 1 fully saturated rings. The molecule has 3 aromatic rings. The summed E-state index contributed by atoms with van der Waals surface area (Å²) >= 11 is 1.99. The topological polar surface area (TPSA) is 65.1 Å². The highest BCUT2D eigenvalue weighted by Gasteiger charge is 2.24. The molecule has 1 unspecified atom stereocenters. The van der Waals surface area contributed by atoms with Crippen molar-refractivity contribution in [3.8, 4) is 0 Å². The Morgan fingerprint density at radius 3 is 2.66 bits per heavy atom. The number of aryl methyl sites for hydroxylation is 3. The Labute approximate surface area is 174 Å². The van der Waals surface area contributed by atoms with E-state index in [-0.39, 0.29) is 11.2 Å². The van der Waals surface area contributed by atoms with Crippen LogP contribution in [0.15, 0.2) is 40.2 Å². The summed E-state index contributed by atoms with van der Waals surface area (Å²) in [6.45, 7) is 4.40. The second-order valence-electron chi connectivity index (χ2n) is 7.72. The highest BCUT2D eigenvalue weighted by atomic mass is 32.2. The Morgan fingerprint density at radius 2 is 1.90 bits per heavy atom. The van der Waals surface area contributed by atoms with Crippen molar-refractivity contribution in [2.75, 3.05) is 24.6 Å². The van der Waals surface area contributed by atoms with Gasteiger partial charge >= 0.3 is 5.69 Å². The summed E-state index contributed by atoms with van der Waals surface area (Å²) in [5.74, 6) is 2.19. The number of aromatic nitrogens is 4. The van der Waals surface area contributed by atoms with Crippen molar-refractivity contribution < 1.29 is 0 Å². The van der Waals surface area contributed by atoms with E-state index in [4.69, 9.17) is 0 Å². The normalized spacial score (nSPS) is 17.8. The third-order valence-electron chi connectivity index (χ3n) is 5.73. The maximum Gasteiger partial charge on any atom is 0.332 e. The number of nitrogens with zero attached hydrogens (tertiary/aromatic N) is 5. The number of hydrogen-bond acceptors (Lipinski definition) is 5. The van der Waals surface area contributed by atoms with E-state index >= 15 is 0 Å². The maximum atomic E-state index is 12.9. The summed E-state index contributed by atoms with van der Waals surface area (Å²) in [6.07, 6.45) is 2.33. The molecule has 1 aliphatic rings. The van der Waals surface area contributed by atoms with Crippen LogP contribution in [0, 0.1) is 6.92 Å². The molecule has 29 heavy (non-hydrogen) atoms. The highest BCUT2D eigenvalue weighted by Crippen LogP contribution is 2.29.